The Bertz CT molecular complexity index is 2100. The summed E-state index contributed by atoms with van der Waals surface area (Å²) in [6, 6.07) is 12.6. The van der Waals surface area contributed by atoms with Crippen LogP contribution in [-0.4, -0.2) is 21.8 Å². The molecule has 220 valence electrons. The molecule has 3 aromatic carbocycles. The number of carbonyl (C=O) groups is 2. The van der Waals surface area contributed by atoms with Crippen LogP contribution in [0.5, 0.6) is 0 Å². The summed E-state index contributed by atoms with van der Waals surface area (Å²) in [5, 5.41) is 2.75. The number of amides is 2. The van der Waals surface area contributed by atoms with Crippen molar-refractivity contribution in [2.75, 3.05) is 0 Å². The van der Waals surface area contributed by atoms with E-state index in [1.807, 2.05) is 0 Å². The Morgan fingerprint density at radius 2 is 1.75 bits per heavy atom. The molecular formula is C33H23F3N4O4. The highest BCUT2D eigenvalue weighted by molar-refractivity contribution is 6.08. The number of primary amides is 1. The number of nitrogens with zero attached hydrogens (tertiary/aromatic N) is 2. The normalized spacial score (nSPS) is 13.8. The highest BCUT2D eigenvalue weighted by Gasteiger charge is 2.50. The van der Waals surface area contributed by atoms with Crippen LogP contribution in [-0.2, 0) is 12.0 Å². The molecule has 3 aromatic heterocycles. The molecule has 7 rings (SSSR count). The largest absolute Gasteiger partial charge is 0.460 e. The maximum absolute atomic E-state index is 16.3. The summed E-state index contributed by atoms with van der Waals surface area (Å²) in [6.45, 7) is 1.47. The first-order chi connectivity index (χ1) is 21.1. The van der Waals surface area contributed by atoms with Crippen molar-refractivity contribution in [3.63, 3.8) is 0 Å². The van der Waals surface area contributed by atoms with E-state index in [9.17, 15) is 14.0 Å². The third-order valence-electron chi connectivity index (χ3n) is 7.99. The Kier molecular flexibility index (Phi) is 6.27. The van der Waals surface area contributed by atoms with Crippen LogP contribution in [0.2, 0.25) is 0 Å². The van der Waals surface area contributed by atoms with Crippen LogP contribution >= 0.6 is 0 Å². The molecule has 1 aliphatic rings. The molecule has 3 heterocycles. The summed E-state index contributed by atoms with van der Waals surface area (Å²) in [5.41, 5.74) is 6.53. The van der Waals surface area contributed by atoms with Gasteiger partial charge in [-0.3, -0.25) is 14.6 Å². The van der Waals surface area contributed by atoms with Crippen molar-refractivity contribution in [1.82, 2.24) is 15.3 Å². The van der Waals surface area contributed by atoms with E-state index in [2.05, 4.69) is 15.3 Å². The Morgan fingerprint density at radius 3 is 2.45 bits per heavy atom. The van der Waals surface area contributed by atoms with Crippen LogP contribution in [0.25, 0.3) is 33.2 Å². The number of hydrogen-bond donors (Lipinski definition) is 2. The molecule has 0 radical (unpaired) electrons. The number of pyridine rings is 1. The number of oxazole rings is 1. The Labute approximate surface area is 247 Å². The fourth-order valence-corrected chi connectivity index (χ4v) is 5.46. The summed E-state index contributed by atoms with van der Waals surface area (Å²) >= 11 is 0. The van der Waals surface area contributed by atoms with Gasteiger partial charge < -0.3 is 19.9 Å². The lowest BCUT2D eigenvalue weighted by molar-refractivity contribution is 0.0922. The van der Waals surface area contributed by atoms with Crippen molar-refractivity contribution in [2.45, 2.75) is 31.7 Å². The molecule has 0 spiro atoms. The number of carbonyl (C=O) groups excluding carboxylic acids is 2. The van der Waals surface area contributed by atoms with Gasteiger partial charge >= 0.3 is 0 Å². The zero-order chi connectivity index (χ0) is 30.7. The smallest absolute Gasteiger partial charge is 0.253 e. The number of fused-ring (bicyclic) bond motifs is 2. The predicted molar refractivity (Wildman–Crippen MR) is 154 cm³/mol. The van der Waals surface area contributed by atoms with Gasteiger partial charge in [-0.05, 0) is 72.9 Å². The average Bonchev–Trinajstić information content (AvgIpc) is 3.47. The first kappa shape index (κ1) is 27.4. The van der Waals surface area contributed by atoms with Gasteiger partial charge in [-0.1, -0.05) is 12.1 Å². The van der Waals surface area contributed by atoms with E-state index >= 15 is 8.78 Å². The first-order valence-electron chi connectivity index (χ1n) is 13.8. The molecule has 44 heavy (non-hydrogen) atoms. The standard InChI is InChI=1S/C33H23F3N4O4/c1-16-21(13-18(14-22(16)35)31(42)40-33(9-10-33)32-39-23-15-38-11-8-24(23)44-32)20-6-7-25-27(29(20)36)28(30(37)41)26(43-25)12-17-2-4-19(34)5-3-17/h2-8,11,13-15H,9-10,12H2,1H3,(H2,37,41)(H,40,42). The molecular weight excluding hydrogens is 573 g/mol. The number of aromatic nitrogens is 2. The van der Waals surface area contributed by atoms with Crippen LogP contribution < -0.4 is 11.1 Å². The molecule has 0 saturated heterocycles. The first-order valence-corrected chi connectivity index (χ1v) is 13.8. The molecule has 2 amide bonds. The number of benzene rings is 3. The number of hydrogen-bond acceptors (Lipinski definition) is 6. The second-order valence-corrected chi connectivity index (χ2v) is 10.9. The topological polar surface area (TPSA) is 124 Å². The number of furan rings is 1. The maximum Gasteiger partial charge on any atom is 0.253 e. The van der Waals surface area contributed by atoms with Gasteiger partial charge in [0.15, 0.2) is 5.58 Å². The summed E-state index contributed by atoms with van der Waals surface area (Å²) in [7, 11) is 0. The number of halogens is 3. The van der Waals surface area contributed by atoms with Gasteiger partial charge in [0.25, 0.3) is 11.8 Å². The lowest BCUT2D eigenvalue weighted by Crippen LogP contribution is -2.35. The zero-order valence-corrected chi connectivity index (χ0v) is 23.2. The third kappa shape index (κ3) is 4.57. The molecule has 1 aliphatic carbocycles. The van der Waals surface area contributed by atoms with Crippen molar-refractivity contribution >= 4 is 33.9 Å². The average molecular weight is 597 g/mol. The van der Waals surface area contributed by atoms with E-state index in [1.165, 1.54) is 49.4 Å². The second kappa shape index (κ2) is 10.1. The molecule has 3 N–H and O–H groups in total. The summed E-state index contributed by atoms with van der Waals surface area (Å²) in [5.74, 6) is -3.08. The van der Waals surface area contributed by atoms with Crippen LogP contribution in [0.15, 0.2) is 75.8 Å². The third-order valence-corrected chi connectivity index (χ3v) is 7.99. The highest BCUT2D eigenvalue weighted by Crippen LogP contribution is 2.46. The van der Waals surface area contributed by atoms with Gasteiger partial charge in [-0.15, -0.1) is 0 Å². The molecule has 8 nitrogen and oxygen atoms in total. The Balaban J connectivity index is 1.26. The van der Waals surface area contributed by atoms with Gasteiger partial charge in [0.2, 0.25) is 5.89 Å². The lowest BCUT2D eigenvalue weighted by Gasteiger charge is -2.16. The molecule has 11 heteroatoms. The van der Waals surface area contributed by atoms with Crippen LogP contribution in [0.4, 0.5) is 13.2 Å². The SMILES string of the molecule is Cc1c(F)cc(C(=O)NC2(c3nc4cnccc4o3)CC2)cc1-c1ccc2oc(Cc3ccc(F)cc3)c(C(N)=O)c2c1F. The molecule has 0 bridgehead atoms. The minimum atomic E-state index is -0.919. The summed E-state index contributed by atoms with van der Waals surface area (Å²) in [6.07, 6.45) is 4.33. The van der Waals surface area contributed by atoms with E-state index in [0.717, 1.165) is 6.07 Å². The van der Waals surface area contributed by atoms with Crippen LogP contribution in [0, 0.1) is 24.4 Å². The van der Waals surface area contributed by atoms with Gasteiger partial charge in [0, 0.05) is 29.8 Å². The molecule has 1 fully saturated rings. The van der Waals surface area contributed by atoms with Gasteiger partial charge in [0.1, 0.15) is 39.9 Å². The Hall–Kier alpha value is -5.45. The van der Waals surface area contributed by atoms with Crippen molar-refractivity contribution < 1.29 is 31.6 Å². The Morgan fingerprint density at radius 1 is 0.977 bits per heavy atom. The zero-order valence-electron chi connectivity index (χ0n) is 23.2. The number of nitrogens with one attached hydrogen (secondary N) is 1. The molecule has 0 aliphatic heterocycles. The monoisotopic (exact) mass is 596 g/mol. The molecule has 1 saturated carbocycles. The van der Waals surface area contributed by atoms with Crippen molar-refractivity contribution in [2.24, 2.45) is 5.73 Å². The van der Waals surface area contributed by atoms with Crippen molar-refractivity contribution in [1.29, 1.82) is 0 Å². The lowest BCUT2D eigenvalue weighted by atomic mass is 9.94. The molecule has 6 aromatic rings. The number of rotatable bonds is 7. The predicted octanol–water partition coefficient (Wildman–Crippen LogP) is 6.47. The summed E-state index contributed by atoms with van der Waals surface area (Å²) in [4.78, 5) is 34.4. The molecule has 0 unspecified atom stereocenters. The van der Waals surface area contributed by atoms with Gasteiger partial charge in [-0.2, -0.15) is 0 Å². The molecule has 0 atom stereocenters. The van der Waals surface area contributed by atoms with Crippen molar-refractivity contribution in [3.8, 4) is 11.1 Å². The minimum absolute atomic E-state index is 0.0361. The second-order valence-electron chi connectivity index (χ2n) is 10.9. The fraction of sp³-hybridized carbons (Fsp3) is 0.152. The van der Waals surface area contributed by atoms with Crippen molar-refractivity contribution in [3.05, 3.63) is 118 Å². The van der Waals surface area contributed by atoms with E-state index < -0.39 is 34.8 Å². The fourth-order valence-electron chi connectivity index (χ4n) is 5.46. The van der Waals surface area contributed by atoms with E-state index in [0.29, 0.717) is 35.4 Å². The van der Waals surface area contributed by atoms with Crippen LogP contribution in [0.3, 0.4) is 0 Å². The van der Waals surface area contributed by atoms with E-state index in [1.54, 1.807) is 18.5 Å². The van der Waals surface area contributed by atoms with Crippen LogP contribution in [0.1, 0.15) is 56.3 Å². The maximum atomic E-state index is 16.3. The highest BCUT2D eigenvalue weighted by atomic mass is 19.1. The van der Waals surface area contributed by atoms with Gasteiger partial charge in [-0.25, -0.2) is 18.2 Å². The van der Waals surface area contributed by atoms with E-state index in [4.69, 9.17) is 14.6 Å². The quantitative estimate of drug-likeness (QED) is 0.218. The van der Waals surface area contributed by atoms with E-state index in [-0.39, 0.29) is 51.0 Å². The summed E-state index contributed by atoms with van der Waals surface area (Å²) < 4.78 is 56.6. The number of nitrogens with two attached hydrogens (primary N) is 1. The minimum Gasteiger partial charge on any atom is -0.460 e. The van der Waals surface area contributed by atoms with Gasteiger partial charge in [0.05, 0.1) is 17.1 Å².